The largest absolute Gasteiger partial charge is 0.108 e. The van der Waals surface area contributed by atoms with E-state index < -0.39 is 15.8 Å². The molecule has 0 aliphatic heterocycles. The summed E-state index contributed by atoms with van der Waals surface area (Å²) in [5, 5.41) is 8.39. The molecule has 0 heterocycles. The Bertz CT molecular complexity index is 1840. The highest BCUT2D eigenvalue weighted by atomic mass is 35.5. The highest BCUT2D eigenvalue weighted by Gasteiger charge is 2.18. The van der Waals surface area contributed by atoms with Crippen LogP contribution in [0.25, 0.3) is 0 Å². The minimum atomic E-state index is -0.446. The van der Waals surface area contributed by atoms with E-state index in [0.29, 0.717) is 0 Å². The molecule has 0 amide bonds. The Kier molecular flexibility index (Phi) is 15.9. The fourth-order valence-electron chi connectivity index (χ4n) is 6.37. The summed E-state index contributed by atoms with van der Waals surface area (Å²) in [5.41, 5.74) is 2.51. The van der Waals surface area contributed by atoms with Gasteiger partial charge in [-0.2, -0.15) is 0 Å². The van der Waals surface area contributed by atoms with Gasteiger partial charge in [-0.3, -0.25) is 0 Å². The highest BCUT2D eigenvalue weighted by molar-refractivity contribution is 7.80. The van der Waals surface area contributed by atoms with E-state index in [1.54, 1.807) is 0 Å². The van der Waals surface area contributed by atoms with E-state index in [-0.39, 0.29) is 10.8 Å². The predicted octanol–water partition coefficient (Wildman–Crippen LogP) is 11.9. The Morgan fingerprint density at radius 2 is 0.455 bits per heavy atom. The third-order valence-corrected chi connectivity index (χ3v) is 14.1. The lowest BCUT2D eigenvalue weighted by Gasteiger charge is -2.18. The third kappa shape index (κ3) is 12.1. The van der Waals surface area contributed by atoms with Gasteiger partial charge < -0.3 is 0 Å². The molecule has 0 N–H and O–H groups in total. The summed E-state index contributed by atoms with van der Waals surface area (Å²) < 4.78 is 0. The van der Waals surface area contributed by atoms with Gasteiger partial charge in [-0.15, -0.1) is 23.2 Å². The second-order valence-corrected chi connectivity index (χ2v) is 18.4. The first-order valence-corrected chi connectivity index (χ1v) is 22.0. The van der Waals surface area contributed by atoms with Crippen molar-refractivity contribution < 1.29 is 0 Å². The zero-order valence-electron chi connectivity index (χ0n) is 30.6. The normalized spacial score (nSPS) is 10.7. The molecule has 0 fully saturated rings. The van der Waals surface area contributed by atoms with Gasteiger partial charge >= 0.3 is 0 Å². The fourth-order valence-corrected chi connectivity index (χ4v) is 11.3. The number of hydrogen-bond donors (Lipinski definition) is 0. The number of halogens is 2. The van der Waals surface area contributed by atoms with Crippen molar-refractivity contribution in [3.8, 4) is 0 Å². The minimum Gasteiger partial charge on any atom is -0.105 e. The van der Waals surface area contributed by atoms with Crippen molar-refractivity contribution in [2.75, 3.05) is 0 Å². The van der Waals surface area contributed by atoms with Crippen molar-refractivity contribution in [1.29, 1.82) is 0 Å². The van der Waals surface area contributed by atoms with E-state index >= 15 is 0 Å². The second kappa shape index (κ2) is 21.9. The Morgan fingerprint density at radius 3 is 0.636 bits per heavy atom. The summed E-state index contributed by atoms with van der Waals surface area (Å²) in [4.78, 5) is -0.347. The number of hydrogen-bond acceptors (Lipinski definition) is 0. The molecule has 0 aliphatic rings. The Labute approximate surface area is 340 Å². The van der Waals surface area contributed by atoms with Crippen LogP contribution in [0.1, 0.15) is 23.5 Å². The van der Waals surface area contributed by atoms with Gasteiger partial charge in [0.1, 0.15) is 4.84 Å². The molecule has 55 heavy (non-hydrogen) atoms. The standard InChI is InChI=1S/2C18H15P.C15H14Cl2/c2*1-4-10-16(11-5-1)19(17-12-6-2-7-13-17)18-14-8-3-9-15-18;16-15(17)11-14(12-7-3-1-4-8-12)13-9-5-2-6-10-13/h2*1-15H;1-10,14-15H,11H2. The SMILES string of the molecule is ClC(Cl)CC(c1ccccc1)c1ccccc1.c1ccc(P(c2ccccc2)c2ccccc2)cc1.c1ccc(P(c2ccccc2)c2ccccc2)cc1. The van der Waals surface area contributed by atoms with Gasteiger partial charge in [0, 0.05) is 5.92 Å². The van der Waals surface area contributed by atoms with E-state index in [1.807, 2.05) is 36.4 Å². The van der Waals surface area contributed by atoms with E-state index in [9.17, 15) is 0 Å². The zero-order chi connectivity index (χ0) is 37.9. The van der Waals surface area contributed by atoms with Gasteiger partial charge in [0.2, 0.25) is 0 Å². The Balaban J connectivity index is 0.000000141. The van der Waals surface area contributed by atoms with Gasteiger partial charge in [-0.1, -0.05) is 243 Å². The molecule has 0 nitrogen and oxygen atoms in total. The fraction of sp³-hybridized carbons (Fsp3) is 0.0588. The number of rotatable bonds is 10. The maximum absolute atomic E-state index is 5.94. The summed E-state index contributed by atoms with van der Waals surface area (Å²) in [5.74, 6) is 0.261. The maximum Gasteiger partial charge on any atom is 0.108 e. The van der Waals surface area contributed by atoms with Crippen LogP contribution < -0.4 is 31.8 Å². The van der Waals surface area contributed by atoms with Gasteiger partial charge in [0.05, 0.1) is 0 Å². The van der Waals surface area contributed by atoms with Crippen molar-refractivity contribution in [3.05, 3.63) is 254 Å². The molecular formula is C51H44Cl2P2. The molecule has 8 aromatic carbocycles. The molecule has 0 spiro atoms. The van der Waals surface area contributed by atoms with Crippen molar-refractivity contribution in [3.63, 3.8) is 0 Å². The van der Waals surface area contributed by atoms with E-state index in [1.165, 1.54) is 43.0 Å². The number of alkyl halides is 2. The molecule has 0 atom stereocenters. The molecule has 4 heteroatoms. The van der Waals surface area contributed by atoms with Crippen molar-refractivity contribution in [2.24, 2.45) is 0 Å². The molecule has 0 radical (unpaired) electrons. The lowest BCUT2D eigenvalue weighted by atomic mass is 9.89. The quantitative estimate of drug-likeness (QED) is 0.0956. The van der Waals surface area contributed by atoms with Crippen molar-refractivity contribution >= 4 is 70.9 Å². The zero-order valence-corrected chi connectivity index (χ0v) is 33.9. The van der Waals surface area contributed by atoms with Crippen molar-refractivity contribution in [2.45, 2.75) is 17.2 Å². The first-order valence-electron chi connectivity index (χ1n) is 18.5. The highest BCUT2D eigenvalue weighted by Crippen LogP contribution is 2.34. The average Bonchev–Trinajstić information content (AvgIpc) is 3.26. The molecule has 0 saturated carbocycles. The lowest BCUT2D eigenvalue weighted by Crippen LogP contribution is -2.20. The van der Waals surface area contributed by atoms with Crippen LogP contribution in [-0.2, 0) is 0 Å². The molecule has 8 aromatic rings. The summed E-state index contributed by atoms with van der Waals surface area (Å²) in [6, 6.07) is 85.3. The van der Waals surface area contributed by atoms with Crippen molar-refractivity contribution in [1.82, 2.24) is 0 Å². The van der Waals surface area contributed by atoms with Crippen LogP contribution >= 0.6 is 39.0 Å². The van der Waals surface area contributed by atoms with Crippen LogP contribution in [0.5, 0.6) is 0 Å². The summed E-state index contributed by atoms with van der Waals surface area (Å²) in [6.07, 6.45) is 0.733. The van der Waals surface area contributed by atoms with Crippen LogP contribution in [0.15, 0.2) is 243 Å². The minimum absolute atomic E-state index is 0.261. The number of benzene rings is 8. The topological polar surface area (TPSA) is 0 Å². The van der Waals surface area contributed by atoms with Crippen LogP contribution in [0, 0.1) is 0 Å². The van der Waals surface area contributed by atoms with Gasteiger partial charge in [-0.25, -0.2) is 0 Å². The molecule has 0 bridgehead atoms. The van der Waals surface area contributed by atoms with Crippen LogP contribution in [-0.4, -0.2) is 4.84 Å². The van der Waals surface area contributed by atoms with Crippen LogP contribution in [0.3, 0.4) is 0 Å². The smallest absolute Gasteiger partial charge is 0.105 e. The maximum atomic E-state index is 5.94. The summed E-state index contributed by atoms with van der Waals surface area (Å²) in [6.45, 7) is 0. The third-order valence-electron chi connectivity index (χ3n) is 8.90. The lowest BCUT2D eigenvalue weighted by molar-refractivity contribution is 0.759. The summed E-state index contributed by atoms with van der Waals surface area (Å²) >= 11 is 11.9. The molecular weight excluding hydrogens is 745 g/mol. The van der Waals surface area contributed by atoms with E-state index in [4.69, 9.17) is 23.2 Å². The Hall–Kier alpha value is -4.80. The second-order valence-electron chi connectivity index (χ2n) is 12.7. The molecule has 0 saturated heterocycles. The van der Waals surface area contributed by atoms with E-state index in [0.717, 1.165) is 6.42 Å². The average molecular weight is 790 g/mol. The molecule has 0 aliphatic carbocycles. The van der Waals surface area contributed by atoms with Crippen LogP contribution in [0.4, 0.5) is 0 Å². The molecule has 272 valence electrons. The van der Waals surface area contributed by atoms with Gasteiger partial charge in [-0.05, 0) is 65.2 Å². The van der Waals surface area contributed by atoms with Gasteiger partial charge in [0.15, 0.2) is 0 Å². The monoisotopic (exact) mass is 788 g/mol. The predicted molar refractivity (Wildman–Crippen MR) is 245 cm³/mol. The van der Waals surface area contributed by atoms with Crippen LogP contribution in [0.2, 0.25) is 0 Å². The first kappa shape index (κ1) is 39.9. The Morgan fingerprint density at radius 1 is 0.273 bits per heavy atom. The summed E-state index contributed by atoms with van der Waals surface area (Å²) in [7, 11) is -0.892. The first-order chi connectivity index (χ1) is 27.2. The molecule has 8 rings (SSSR count). The van der Waals surface area contributed by atoms with Gasteiger partial charge in [0.25, 0.3) is 0 Å². The molecule has 0 unspecified atom stereocenters. The molecule has 0 aromatic heterocycles. The van der Waals surface area contributed by atoms with E-state index in [2.05, 4.69) is 206 Å².